The molecule has 2 fully saturated rings. The highest BCUT2D eigenvalue weighted by atomic mass is 19.1. The van der Waals surface area contributed by atoms with Crippen molar-refractivity contribution in [3.8, 4) is 0 Å². The van der Waals surface area contributed by atoms with Crippen molar-refractivity contribution in [3.05, 3.63) is 58.4 Å². The quantitative estimate of drug-likeness (QED) is 0.736. The zero-order valence-corrected chi connectivity index (χ0v) is 18.4. The Hall–Kier alpha value is -2.38. The molecule has 0 unspecified atom stereocenters. The SMILES string of the molecule is Cc1ccc(CCc2ncnc(C(=O)N3CCC(N4CCOCC4)CC3)c2C)cc1F. The molecular weight excluding hydrogens is 395 g/mol. The first-order valence-electron chi connectivity index (χ1n) is 11.2. The Morgan fingerprint density at radius 3 is 2.55 bits per heavy atom. The number of likely N-dealkylation sites (tertiary alicyclic amines) is 1. The number of carbonyl (C=O) groups excluding carboxylic acids is 1. The van der Waals surface area contributed by atoms with Crippen LogP contribution < -0.4 is 0 Å². The van der Waals surface area contributed by atoms with Crippen LogP contribution in [0.15, 0.2) is 24.5 Å². The number of carbonyl (C=O) groups is 1. The lowest BCUT2D eigenvalue weighted by Crippen LogP contribution is -2.50. The maximum absolute atomic E-state index is 13.8. The molecule has 7 heteroatoms. The van der Waals surface area contributed by atoms with Gasteiger partial charge >= 0.3 is 0 Å². The third-order valence-electron chi connectivity index (χ3n) is 6.59. The van der Waals surface area contributed by atoms with Gasteiger partial charge in [0.2, 0.25) is 0 Å². The van der Waals surface area contributed by atoms with E-state index in [0.717, 1.165) is 69.1 Å². The van der Waals surface area contributed by atoms with E-state index < -0.39 is 0 Å². The number of hydrogen-bond acceptors (Lipinski definition) is 5. The predicted molar refractivity (Wildman–Crippen MR) is 117 cm³/mol. The summed E-state index contributed by atoms with van der Waals surface area (Å²) in [6.45, 7) is 8.75. The van der Waals surface area contributed by atoms with Gasteiger partial charge in [0.1, 0.15) is 17.8 Å². The largest absolute Gasteiger partial charge is 0.379 e. The van der Waals surface area contributed by atoms with Crippen molar-refractivity contribution < 1.29 is 13.9 Å². The maximum atomic E-state index is 13.8. The summed E-state index contributed by atoms with van der Waals surface area (Å²) in [4.78, 5) is 26.3. The Balaban J connectivity index is 1.38. The molecule has 0 N–H and O–H groups in total. The fraction of sp³-hybridized carbons (Fsp3) is 0.542. The predicted octanol–water partition coefficient (Wildman–Crippen LogP) is 2.95. The second-order valence-corrected chi connectivity index (χ2v) is 8.55. The van der Waals surface area contributed by atoms with Crippen molar-refractivity contribution in [3.63, 3.8) is 0 Å². The van der Waals surface area contributed by atoms with Crippen LogP contribution in [0.4, 0.5) is 4.39 Å². The van der Waals surface area contributed by atoms with Gasteiger partial charge in [-0.2, -0.15) is 0 Å². The maximum Gasteiger partial charge on any atom is 0.272 e. The van der Waals surface area contributed by atoms with Crippen LogP contribution in [-0.2, 0) is 17.6 Å². The Kier molecular flexibility index (Phi) is 6.92. The van der Waals surface area contributed by atoms with Crippen molar-refractivity contribution in [2.45, 2.75) is 45.6 Å². The number of morpholine rings is 1. The normalized spacial score (nSPS) is 18.4. The summed E-state index contributed by atoms with van der Waals surface area (Å²) in [5, 5.41) is 0. The summed E-state index contributed by atoms with van der Waals surface area (Å²) in [5.74, 6) is -0.198. The van der Waals surface area contributed by atoms with Crippen LogP contribution in [0.2, 0.25) is 0 Å². The fourth-order valence-corrected chi connectivity index (χ4v) is 4.54. The van der Waals surface area contributed by atoms with Gasteiger partial charge in [-0.3, -0.25) is 9.69 Å². The zero-order valence-electron chi connectivity index (χ0n) is 18.4. The second kappa shape index (κ2) is 9.83. The molecule has 1 amide bonds. The molecule has 0 radical (unpaired) electrons. The van der Waals surface area contributed by atoms with Crippen molar-refractivity contribution in [1.29, 1.82) is 0 Å². The van der Waals surface area contributed by atoms with Gasteiger partial charge in [0.25, 0.3) is 5.91 Å². The smallest absolute Gasteiger partial charge is 0.272 e. The topological polar surface area (TPSA) is 58.6 Å². The molecule has 2 aliphatic rings. The molecule has 2 aromatic rings. The summed E-state index contributed by atoms with van der Waals surface area (Å²) in [7, 11) is 0. The number of nitrogens with zero attached hydrogens (tertiary/aromatic N) is 4. The van der Waals surface area contributed by atoms with E-state index in [1.54, 1.807) is 19.1 Å². The number of benzene rings is 1. The highest BCUT2D eigenvalue weighted by molar-refractivity contribution is 5.93. The Bertz CT molecular complexity index is 922. The molecule has 31 heavy (non-hydrogen) atoms. The monoisotopic (exact) mass is 426 g/mol. The highest BCUT2D eigenvalue weighted by Crippen LogP contribution is 2.21. The van der Waals surface area contributed by atoms with E-state index in [-0.39, 0.29) is 11.7 Å². The van der Waals surface area contributed by atoms with E-state index in [4.69, 9.17) is 4.74 Å². The molecule has 166 valence electrons. The number of halogens is 1. The third kappa shape index (κ3) is 5.10. The van der Waals surface area contributed by atoms with Crippen LogP contribution in [0, 0.1) is 19.7 Å². The number of ether oxygens (including phenoxy) is 1. The first-order chi connectivity index (χ1) is 15.0. The molecule has 6 nitrogen and oxygen atoms in total. The van der Waals surface area contributed by atoms with Crippen LogP contribution in [0.5, 0.6) is 0 Å². The van der Waals surface area contributed by atoms with E-state index >= 15 is 0 Å². The van der Waals surface area contributed by atoms with Gasteiger partial charge in [0.05, 0.1) is 13.2 Å². The third-order valence-corrected chi connectivity index (χ3v) is 6.59. The molecular formula is C24H31FN4O2. The minimum atomic E-state index is -0.187. The first kappa shape index (κ1) is 21.8. The van der Waals surface area contributed by atoms with Gasteiger partial charge in [-0.1, -0.05) is 12.1 Å². The van der Waals surface area contributed by atoms with E-state index in [0.29, 0.717) is 30.1 Å². The lowest BCUT2D eigenvalue weighted by molar-refractivity contribution is 0.00151. The Morgan fingerprint density at radius 2 is 1.84 bits per heavy atom. The molecule has 0 atom stereocenters. The Labute approximate surface area is 183 Å². The molecule has 3 heterocycles. The van der Waals surface area contributed by atoms with E-state index in [9.17, 15) is 9.18 Å². The lowest BCUT2D eigenvalue weighted by atomic mass is 10.0. The van der Waals surface area contributed by atoms with Crippen LogP contribution in [0.25, 0.3) is 0 Å². The average Bonchev–Trinajstić information content (AvgIpc) is 2.81. The molecule has 1 aromatic heterocycles. The summed E-state index contributed by atoms with van der Waals surface area (Å²) >= 11 is 0. The number of hydrogen-bond donors (Lipinski definition) is 0. The molecule has 4 rings (SSSR count). The van der Waals surface area contributed by atoms with Crippen LogP contribution >= 0.6 is 0 Å². The van der Waals surface area contributed by atoms with Gasteiger partial charge < -0.3 is 9.64 Å². The first-order valence-corrected chi connectivity index (χ1v) is 11.2. The van der Waals surface area contributed by atoms with E-state index in [1.165, 1.54) is 6.33 Å². The molecule has 0 bridgehead atoms. The van der Waals surface area contributed by atoms with Crippen molar-refractivity contribution in [2.75, 3.05) is 39.4 Å². The highest BCUT2D eigenvalue weighted by Gasteiger charge is 2.29. The van der Waals surface area contributed by atoms with E-state index in [1.807, 2.05) is 17.9 Å². The number of piperidine rings is 1. The molecule has 0 aliphatic carbocycles. The fourth-order valence-electron chi connectivity index (χ4n) is 4.54. The standard InChI is InChI=1S/C24H31FN4O2/c1-17-3-4-19(15-21(17)25)5-6-22-18(2)23(27-16-26-22)24(30)29-9-7-20(8-10-29)28-11-13-31-14-12-28/h3-4,15-16,20H,5-14H2,1-2H3. The number of rotatable bonds is 5. The zero-order chi connectivity index (χ0) is 21.8. The molecule has 2 aliphatic heterocycles. The summed E-state index contributed by atoms with van der Waals surface area (Å²) < 4.78 is 19.3. The van der Waals surface area contributed by atoms with Crippen LogP contribution in [-0.4, -0.2) is 71.1 Å². The van der Waals surface area contributed by atoms with Crippen molar-refractivity contribution >= 4 is 5.91 Å². The van der Waals surface area contributed by atoms with E-state index in [2.05, 4.69) is 14.9 Å². The van der Waals surface area contributed by atoms with Gasteiger partial charge in [-0.05, 0) is 56.7 Å². The molecule has 2 saturated heterocycles. The average molecular weight is 427 g/mol. The summed E-state index contributed by atoms with van der Waals surface area (Å²) in [6.07, 6.45) is 4.78. The minimum Gasteiger partial charge on any atom is -0.379 e. The van der Waals surface area contributed by atoms with Gasteiger partial charge in [-0.15, -0.1) is 0 Å². The van der Waals surface area contributed by atoms with Gasteiger partial charge in [0.15, 0.2) is 0 Å². The summed E-state index contributed by atoms with van der Waals surface area (Å²) in [6, 6.07) is 5.85. The number of aromatic nitrogens is 2. The number of aryl methyl sites for hydroxylation is 3. The van der Waals surface area contributed by atoms with Gasteiger partial charge in [-0.25, -0.2) is 14.4 Å². The Morgan fingerprint density at radius 1 is 1.10 bits per heavy atom. The molecule has 0 spiro atoms. The van der Waals surface area contributed by atoms with Crippen molar-refractivity contribution in [2.24, 2.45) is 0 Å². The molecule has 0 saturated carbocycles. The van der Waals surface area contributed by atoms with Crippen LogP contribution in [0.3, 0.4) is 0 Å². The number of amides is 1. The van der Waals surface area contributed by atoms with Crippen molar-refractivity contribution in [1.82, 2.24) is 19.8 Å². The van der Waals surface area contributed by atoms with Gasteiger partial charge in [0, 0.05) is 43.5 Å². The second-order valence-electron chi connectivity index (χ2n) is 8.55. The van der Waals surface area contributed by atoms with Crippen LogP contribution in [0.1, 0.15) is 45.7 Å². The minimum absolute atomic E-state index is 0.0112. The molecule has 1 aromatic carbocycles. The summed E-state index contributed by atoms with van der Waals surface area (Å²) in [5.41, 5.74) is 3.74. The lowest BCUT2D eigenvalue weighted by Gasteiger charge is -2.40.